The number of nitrogens with two attached hydrogens (primary N) is 1. The molecule has 1 rings (SSSR count). The highest BCUT2D eigenvalue weighted by molar-refractivity contribution is 5.20. The van der Waals surface area contributed by atoms with Gasteiger partial charge < -0.3 is 15.2 Å². The Balaban J connectivity index is 2.10. The van der Waals surface area contributed by atoms with Crippen LogP contribution in [0.3, 0.4) is 0 Å². The van der Waals surface area contributed by atoms with Gasteiger partial charge in [0.1, 0.15) is 6.61 Å². The average molecular weight is 211 g/mol. The first kappa shape index (κ1) is 11.7. The standard InChI is InChI=1S/C10H17N3O2/c1-2-3-6-14-7-8-15-9-4-5-12-10(11)13-9/h4-5H,2-3,6-8H2,1H3,(H2,11,12,13). The number of hydrogen-bond donors (Lipinski definition) is 1. The van der Waals surface area contributed by atoms with Gasteiger partial charge in [-0.05, 0) is 6.42 Å². The van der Waals surface area contributed by atoms with Crippen LogP contribution in [-0.2, 0) is 4.74 Å². The fraction of sp³-hybridized carbons (Fsp3) is 0.600. The second kappa shape index (κ2) is 7.00. The first-order valence-corrected chi connectivity index (χ1v) is 5.12. The van der Waals surface area contributed by atoms with Gasteiger partial charge in [-0.2, -0.15) is 4.98 Å². The SMILES string of the molecule is CCCCOCCOc1ccnc(N)n1. The number of aromatic nitrogens is 2. The molecule has 0 atom stereocenters. The smallest absolute Gasteiger partial charge is 0.223 e. The molecule has 2 N–H and O–H groups in total. The molecule has 0 aliphatic carbocycles. The van der Waals surface area contributed by atoms with Crippen LogP contribution in [0.2, 0.25) is 0 Å². The Bertz CT molecular complexity index is 281. The molecular weight excluding hydrogens is 194 g/mol. The molecule has 0 amide bonds. The topological polar surface area (TPSA) is 70.3 Å². The summed E-state index contributed by atoms with van der Waals surface area (Å²) in [4.78, 5) is 7.66. The number of nitrogens with zero attached hydrogens (tertiary/aromatic N) is 2. The number of nitrogen functional groups attached to an aromatic ring is 1. The van der Waals surface area contributed by atoms with Crippen LogP contribution in [0.5, 0.6) is 5.88 Å². The van der Waals surface area contributed by atoms with E-state index in [9.17, 15) is 0 Å². The molecule has 5 heteroatoms. The van der Waals surface area contributed by atoms with E-state index in [0.29, 0.717) is 19.1 Å². The Morgan fingerprint density at radius 2 is 2.20 bits per heavy atom. The molecule has 0 unspecified atom stereocenters. The van der Waals surface area contributed by atoms with Crippen molar-refractivity contribution >= 4 is 5.95 Å². The quantitative estimate of drug-likeness (QED) is 0.687. The van der Waals surface area contributed by atoms with Crippen molar-refractivity contribution in [3.8, 4) is 5.88 Å². The molecule has 0 saturated carbocycles. The highest BCUT2D eigenvalue weighted by Crippen LogP contribution is 2.05. The van der Waals surface area contributed by atoms with Gasteiger partial charge in [-0.3, -0.25) is 0 Å². The highest BCUT2D eigenvalue weighted by Gasteiger charge is 1.96. The van der Waals surface area contributed by atoms with E-state index < -0.39 is 0 Å². The fourth-order valence-corrected chi connectivity index (χ4v) is 0.990. The van der Waals surface area contributed by atoms with Gasteiger partial charge in [0.2, 0.25) is 11.8 Å². The van der Waals surface area contributed by atoms with E-state index in [1.165, 1.54) is 0 Å². The van der Waals surface area contributed by atoms with Gasteiger partial charge in [-0.1, -0.05) is 13.3 Å². The van der Waals surface area contributed by atoms with Crippen molar-refractivity contribution in [2.24, 2.45) is 0 Å². The summed E-state index contributed by atoms with van der Waals surface area (Å²) in [5, 5.41) is 0. The summed E-state index contributed by atoms with van der Waals surface area (Å²) in [5.41, 5.74) is 5.40. The van der Waals surface area contributed by atoms with Crippen LogP contribution in [0.4, 0.5) is 5.95 Å². The van der Waals surface area contributed by atoms with Crippen molar-refractivity contribution in [2.75, 3.05) is 25.6 Å². The van der Waals surface area contributed by atoms with Gasteiger partial charge in [-0.15, -0.1) is 0 Å². The van der Waals surface area contributed by atoms with E-state index in [2.05, 4.69) is 16.9 Å². The average Bonchev–Trinajstić information content (AvgIpc) is 2.23. The largest absolute Gasteiger partial charge is 0.475 e. The molecule has 0 radical (unpaired) electrons. The number of hydrogen-bond acceptors (Lipinski definition) is 5. The summed E-state index contributed by atoms with van der Waals surface area (Å²) in [7, 11) is 0. The minimum Gasteiger partial charge on any atom is -0.475 e. The minimum atomic E-state index is 0.222. The number of ether oxygens (including phenoxy) is 2. The lowest BCUT2D eigenvalue weighted by Gasteiger charge is -2.05. The number of rotatable bonds is 7. The molecule has 1 aromatic heterocycles. The van der Waals surface area contributed by atoms with Gasteiger partial charge in [0.25, 0.3) is 0 Å². The second-order valence-corrected chi connectivity index (χ2v) is 3.07. The zero-order chi connectivity index (χ0) is 10.9. The molecule has 0 fully saturated rings. The predicted octanol–water partition coefficient (Wildman–Crippen LogP) is 1.25. The molecule has 0 spiro atoms. The van der Waals surface area contributed by atoms with Crippen LogP contribution < -0.4 is 10.5 Å². The maximum absolute atomic E-state index is 5.40. The maximum Gasteiger partial charge on any atom is 0.223 e. The van der Waals surface area contributed by atoms with Crippen molar-refractivity contribution in [3.63, 3.8) is 0 Å². The van der Waals surface area contributed by atoms with Crippen LogP contribution in [-0.4, -0.2) is 29.8 Å². The van der Waals surface area contributed by atoms with Crippen molar-refractivity contribution < 1.29 is 9.47 Å². The molecule has 15 heavy (non-hydrogen) atoms. The van der Waals surface area contributed by atoms with Crippen LogP contribution in [0.15, 0.2) is 12.3 Å². The Hall–Kier alpha value is -1.36. The molecule has 5 nitrogen and oxygen atoms in total. The summed E-state index contributed by atoms with van der Waals surface area (Å²) >= 11 is 0. The zero-order valence-corrected chi connectivity index (χ0v) is 8.98. The first-order chi connectivity index (χ1) is 7.33. The van der Waals surface area contributed by atoms with Crippen molar-refractivity contribution in [1.82, 2.24) is 9.97 Å². The van der Waals surface area contributed by atoms with Crippen LogP contribution >= 0.6 is 0 Å². The monoisotopic (exact) mass is 211 g/mol. The summed E-state index contributed by atoms with van der Waals surface area (Å²) in [6, 6.07) is 1.67. The molecule has 84 valence electrons. The molecular formula is C10H17N3O2. The van der Waals surface area contributed by atoms with Crippen LogP contribution in [0.1, 0.15) is 19.8 Å². The third-order valence-electron chi connectivity index (χ3n) is 1.77. The third-order valence-corrected chi connectivity index (χ3v) is 1.77. The highest BCUT2D eigenvalue weighted by atomic mass is 16.5. The summed E-state index contributed by atoms with van der Waals surface area (Å²) in [5.74, 6) is 0.709. The van der Waals surface area contributed by atoms with Gasteiger partial charge in [-0.25, -0.2) is 4.98 Å². The van der Waals surface area contributed by atoms with E-state index in [1.54, 1.807) is 12.3 Å². The Labute approximate surface area is 89.6 Å². The van der Waals surface area contributed by atoms with Crippen molar-refractivity contribution in [3.05, 3.63) is 12.3 Å². The Kier molecular flexibility index (Phi) is 5.47. The van der Waals surface area contributed by atoms with E-state index in [-0.39, 0.29) is 5.95 Å². The first-order valence-electron chi connectivity index (χ1n) is 5.12. The van der Waals surface area contributed by atoms with Crippen LogP contribution in [0, 0.1) is 0 Å². The van der Waals surface area contributed by atoms with Gasteiger partial charge in [0.05, 0.1) is 6.61 Å². The lowest BCUT2D eigenvalue weighted by molar-refractivity contribution is 0.0965. The summed E-state index contributed by atoms with van der Waals surface area (Å²) in [6.07, 6.45) is 3.79. The van der Waals surface area contributed by atoms with Gasteiger partial charge in [0, 0.05) is 18.9 Å². The van der Waals surface area contributed by atoms with E-state index >= 15 is 0 Å². The van der Waals surface area contributed by atoms with Gasteiger partial charge in [0.15, 0.2) is 0 Å². The fourth-order valence-electron chi connectivity index (χ4n) is 0.990. The predicted molar refractivity (Wildman–Crippen MR) is 57.7 cm³/mol. The molecule has 1 heterocycles. The van der Waals surface area contributed by atoms with E-state index in [1.807, 2.05) is 0 Å². The maximum atomic E-state index is 5.40. The van der Waals surface area contributed by atoms with Crippen molar-refractivity contribution in [1.29, 1.82) is 0 Å². The van der Waals surface area contributed by atoms with Crippen LogP contribution in [0.25, 0.3) is 0 Å². The molecule has 1 aromatic rings. The lowest BCUT2D eigenvalue weighted by Crippen LogP contribution is -2.08. The molecule has 0 aromatic carbocycles. The number of anilines is 1. The molecule has 0 aliphatic rings. The third kappa shape index (κ3) is 5.17. The molecule has 0 saturated heterocycles. The Morgan fingerprint density at radius 1 is 1.33 bits per heavy atom. The summed E-state index contributed by atoms with van der Waals surface area (Å²) in [6.45, 7) is 3.97. The van der Waals surface area contributed by atoms with E-state index in [4.69, 9.17) is 15.2 Å². The van der Waals surface area contributed by atoms with E-state index in [0.717, 1.165) is 19.4 Å². The zero-order valence-electron chi connectivity index (χ0n) is 8.98. The lowest BCUT2D eigenvalue weighted by atomic mass is 10.4. The Morgan fingerprint density at radius 3 is 2.93 bits per heavy atom. The van der Waals surface area contributed by atoms with Crippen molar-refractivity contribution in [2.45, 2.75) is 19.8 Å². The normalized spacial score (nSPS) is 10.2. The minimum absolute atomic E-state index is 0.222. The molecule has 0 aliphatic heterocycles. The summed E-state index contributed by atoms with van der Waals surface area (Å²) < 4.78 is 10.6. The number of unbranched alkanes of at least 4 members (excludes halogenated alkanes) is 1. The van der Waals surface area contributed by atoms with Gasteiger partial charge >= 0.3 is 0 Å². The molecule has 0 bridgehead atoms. The second-order valence-electron chi connectivity index (χ2n) is 3.07.